The SMILES string of the molecule is CCc1ccc(OC(C)C(=O)Nc2ccnn2Cc2ccccc2)cc1. The summed E-state index contributed by atoms with van der Waals surface area (Å²) < 4.78 is 7.50. The van der Waals surface area contributed by atoms with Crippen LogP contribution in [0.25, 0.3) is 0 Å². The molecule has 0 saturated carbocycles. The molecule has 0 saturated heterocycles. The Morgan fingerprint density at radius 1 is 1.08 bits per heavy atom. The maximum atomic E-state index is 12.5. The molecule has 3 aromatic rings. The molecule has 0 fully saturated rings. The van der Waals surface area contributed by atoms with E-state index < -0.39 is 6.10 Å². The highest BCUT2D eigenvalue weighted by Gasteiger charge is 2.16. The summed E-state index contributed by atoms with van der Waals surface area (Å²) in [6, 6.07) is 19.6. The average molecular weight is 349 g/mol. The average Bonchev–Trinajstić information content (AvgIpc) is 3.09. The molecule has 1 unspecified atom stereocenters. The molecule has 3 rings (SSSR count). The molecule has 0 aliphatic carbocycles. The molecular weight excluding hydrogens is 326 g/mol. The zero-order valence-corrected chi connectivity index (χ0v) is 15.1. The third kappa shape index (κ3) is 4.51. The lowest BCUT2D eigenvalue weighted by Crippen LogP contribution is -2.31. The lowest BCUT2D eigenvalue weighted by Gasteiger charge is -2.15. The summed E-state index contributed by atoms with van der Waals surface area (Å²) in [5.41, 5.74) is 2.35. The number of amides is 1. The largest absolute Gasteiger partial charge is 0.481 e. The number of benzene rings is 2. The van der Waals surface area contributed by atoms with Crippen LogP contribution in [0, 0.1) is 0 Å². The van der Waals surface area contributed by atoms with Crippen LogP contribution in [-0.2, 0) is 17.8 Å². The van der Waals surface area contributed by atoms with Gasteiger partial charge < -0.3 is 10.1 Å². The van der Waals surface area contributed by atoms with Crippen LogP contribution in [0.3, 0.4) is 0 Å². The minimum absolute atomic E-state index is 0.209. The van der Waals surface area contributed by atoms with E-state index in [1.54, 1.807) is 23.9 Å². The first-order chi connectivity index (χ1) is 12.7. The van der Waals surface area contributed by atoms with E-state index in [0.29, 0.717) is 18.1 Å². The fourth-order valence-corrected chi connectivity index (χ4v) is 2.61. The minimum atomic E-state index is -0.609. The van der Waals surface area contributed by atoms with Crippen LogP contribution in [0.15, 0.2) is 66.9 Å². The summed E-state index contributed by atoms with van der Waals surface area (Å²) in [5, 5.41) is 7.18. The summed E-state index contributed by atoms with van der Waals surface area (Å²) in [7, 11) is 0. The van der Waals surface area contributed by atoms with Gasteiger partial charge in [0.15, 0.2) is 6.10 Å². The molecular formula is C21H23N3O2. The Hall–Kier alpha value is -3.08. The van der Waals surface area contributed by atoms with Gasteiger partial charge >= 0.3 is 0 Å². The molecule has 134 valence electrons. The number of ether oxygens (including phenoxy) is 1. The second-order valence-corrected chi connectivity index (χ2v) is 6.11. The van der Waals surface area contributed by atoms with Gasteiger partial charge in [0.25, 0.3) is 5.91 Å². The number of aromatic nitrogens is 2. The first-order valence-corrected chi connectivity index (χ1v) is 8.78. The molecule has 0 radical (unpaired) electrons. The van der Waals surface area contributed by atoms with E-state index in [2.05, 4.69) is 17.3 Å². The van der Waals surface area contributed by atoms with E-state index in [1.165, 1.54) is 5.56 Å². The minimum Gasteiger partial charge on any atom is -0.481 e. The maximum Gasteiger partial charge on any atom is 0.266 e. The predicted octanol–water partition coefficient (Wildman–Crippen LogP) is 3.90. The van der Waals surface area contributed by atoms with Gasteiger partial charge in [0.2, 0.25) is 0 Å². The van der Waals surface area contributed by atoms with Crippen molar-refractivity contribution < 1.29 is 9.53 Å². The second-order valence-electron chi connectivity index (χ2n) is 6.11. The van der Waals surface area contributed by atoms with E-state index in [0.717, 1.165) is 12.0 Å². The van der Waals surface area contributed by atoms with Gasteiger partial charge in [-0.1, -0.05) is 49.4 Å². The number of anilines is 1. The molecule has 1 heterocycles. The zero-order valence-electron chi connectivity index (χ0n) is 15.1. The van der Waals surface area contributed by atoms with Crippen molar-refractivity contribution in [2.75, 3.05) is 5.32 Å². The van der Waals surface area contributed by atoms with Crippen molar-refractivity contribution in [1.29, 1.82) is 0 Å². The van der Waals surface area contributed by atoms with Gasteiger partial charge in [-0.2, -0.15) is 5.10 Å². The van der Waals surface area contributed by atoms with E-state index in [9.17, 15) is 4.79 Å². The topological polar surface area (TPSA) is 56.1 Å². The molecule has 0 aliphatic heterocycles. The van der Waals surface area contributed by atoms with Gasteiger partial charge in [-0.05, 0) is 36.6 Å². The molecule has 5 nitrogen and oxygen atoms in total. The van der Waals surface area contributed by atoms with Gasteiger partial charge in [0.1, 0.15) is 11.6 Å². The zero-order chi connectivity index (χ0) is 18.4. The smallest absolute Gasteiger partial charge is 0.266 e. The number of carbonyl (C=O) groups excluding carboxylic acids is 1. The van der Waals surface area contributed by atoms with Gasteiger partial charge in [-0.25, -0.2) is 4.68 Å². The van der Waals surface area contributed by atoms with Gasteiger partial charge in [-0.15, -0.1) is 0 Å². The Morgan fingerprint density at radius 3 is 2.50 bits per heavy atom. The fraction of sp³-hybridized carbons (Fsp3) is 0.238. The van der Waals surface area contributed by atoms with E-state index in [-0.39, 0.29) is 5.91 Å². The van der Waals surface area contributed by atoms with Crippen molar-refractivity contribution in [3.8, 4) is 5.75 Å². The molecule has 1 atom stereocenters. The Balaban J connectivity index is 1.61. The quantitative estimate of drug-likeness (QED) is 0.704. The third-order valence-corrected chi connectivity index (χ3v) is 4.16. The number of rotatable bonds is 7. The second kappa shape index (κ2) is 8.34. The highest BCUT2D eigenvalue weighted by Crippen LogP contribution is 2.16. The first kappa shape index (κ1) is 17.7. The molecule has 0 aliphatic rings. The lowest BCUT2D eigenvalue weighted by atomic mass is 10.2. The molecule has 0 spiro atoms. The highest BCUT2D eigenvalue weighted by atomic mass is 16.5. The lowest BCUT2D eigenvalue weighted by molar-refractivity contribution is -0.122. The van der Waals surface area contributed by atoms with Crippen molar-refractivity contribution in [2.24, 2.45) is 0 Å². The molecule has 1 N–H and O–H groups in total. The number of hydrogen-bond donors (Lipinski definition) is 1. The Bertz CT molecular complexity index is 841. The van der Waals surface area contributed by atoms with Gasteiger partial charge in [-0.3, -0.25) is 4.79 Å². The number of nitrogens with one attached hydrogen (secondary N) is 1. The molecule has 1 aromatic heterocycles. The van der Waals surface area contributed by atoms with Crippen LogP contribution in [0.2, 0.25) is 0 Å². The summed E-state index contributed by atoms with van der Waals surface area (Å²) in [5.74, 6) is 1.12. The van der Waals surface area contributed by atoms with Crippen LogP contribution in [0.4, 0.5) is 5.82 Å². The fourth-order valence-electron chi connectivity index (χ4n) is 2.61. The number of aryl methyl sites for hydroxylation is 1. The van der Waals surface area contributed by atoms with E-state index in [4.69, 9.17) is 4.74 Å². The van der Waals surface area contributed by atoms with Crippen molar-refractivity contribution in [2.45, 2.75) is 32.9 Å². The number of nitrogens with zero attached hydrogens (tertiary/aromatic N) is 2. The van der Waals surface area contributed by atoms with Crippen LogP contribution >= 0.6 is 0 Å². The van der Waals surface area contributed by atoms with E-state index in [1.807, 2.05) is 54.6 Å². The van der Waals surface area contributed by atoms with Crippen molar-refractivity contribution in [3.05, 3.63) is 78.0 Å². The Morgan fingerprint density at radius 2 is 1.81 bits per heavy atom. The molecule has 2 aromatic carbocycles. The molecule has 0 bridgehead atoms. The first-order valence-electron chi connectivity index (χ1n) is 8.78. The third-order valence-electron chi connectivity index (χ3n) is 4.16. The van der Waals surface area contributed by atoms with Crippen molar-refractivity contribution >= 4 is 11.7 Å². The van der Waals surface area contributed by atoms with Crippen molar-refractivity contribution in [3.63, 3.8) is 0 Å². The number of carbonyl (C=O) groups is 1. The maximum absolute atomic E-state index is 12.5. The summed E-state index contributed by atoms with van der Waals surface area (Å²) >= 11 is 0. The van der Waals surface area contributed by atoms with E-state index >= 15 is 0 Å². The molecule has 26 heavy (non-hydrogen) atoms. The highest BCUT2D eigenvalue weighted by molar-refractivity contribution is 5.93. The normalized spacial score (nSPS) is 11.8. The van der Waals surface area contributed by atoms with Gasteiger partial charge in [0, 0.05) is 6.07 Å². The Kier molecular flexibility index (Phi) is 5.69. The summed E-state index contributed by atoms with van der Waals surface area (Å²) in [4.78, 5) is 12.5. The standard InChI is InChI=1S/C21H23N3O2/c1-3-17-9-11-19(12-10-17)26-16(2)21(25)23-20-13-14-22-24(20)15-18-7-5-4-6-8-18/h4-14,16H,3,15H2,1-2H3,(H,23,25). The van der Waals surface area contributed by atoms with Crippen molar-refractivity contribution in [1.82, 2.24) is 9.78 Å². The summed E-state index contributed by atoms with van der Waals surface area (Å²) in [6.45, 7) is 4.43. The van der Waals surface area contributed by atoms with Crippen LogP contribution in [0.1, 0.15) is 25.0 Å². The monoisotopic (exact) mass is 349 g/mol. The van der Waals surface area contributed by atoms with Crippen LogP contribution in [0.5, 0.6) is 5.75 Å². The number of hydrogen-bond acceptors (Lipinski definition) is 3. The van der Waals surface area contributed by atoms with Crippen LogP contribution < -0.4 is 10.1 Å². The predicted molar refractivity (Wildman–Crippen MR) is 102 cm³/mol. The molecule has 1 amide bonds. The Labute approximate surface area is 153 Å². The summed E-state index contributed by atoms with van der Waals surface area (Å²) in [6.07, 6.45) is 2.04. The molecule has 5 heteroatoms. The van der Waals surface area contributed by atoms with Gasteiger partial charge in [0.05, 0.1) is 12.7 Å². The van der Waals surface area contributed by atoms with Crippen LogP contribution in [-0.4, -0.2) is 21.8 Å².